The van der Waals surface area contributed by atoms with Gasteiger partial charge in [-0.2, -0.15) is 0 Å². The van der Waals surface area contributed by atoms with Crippen LogP contribution in [-0.2, 0) is 0 Å². The lowest BCUT2D eigenvalue weighted by atomic mass is 9.70. The highest BCUT2D eigenvalue weighted by Gasteiger charge is 2.31. The monoisotopic (exact) mass is 457 g/mol. The van der Waals surface area contributed by atoms with Gasteiger partial charge in [0.1, 0.15) is 0 Å². The summed E-state index contributed by atoms with van der Waals surface area (Å²) in [4.78, 5) is 0. The van der Waals surface area contributed by atoms with Gasteiger partial charge in [-0.15, -0.1) is 0 Å². The summed E-state index contributed by atoms with van der Waals surface area (Å²) in [7, 11) is 0. The zero-order chi connectivity index (χ0) is 23.9. The maximum atomic E-state index is 4.05. The molecule has 0 spiro atoms. The van der Waals surface area contributed by atoms with Crippen molar-refractivity contribution in [2.45, 2.75) is 38.5 Å². The second kappa shape index (κ2) is 11.2. The van der Waals surface area contributed by atoms with Crippen LogP contribution in [0.15, 0.2) is 144 Å². The Bertz CT molecular complexity index is 1220. The van der Waals surface area contributed by atoms with Gasteiger partial charge in [-0.3, -0.25) is 0 Å². The standard InChI is InChI=1S/C34H35N/c1-2-29(20-11-15-26-13-5-3-6-14-26)35-30-23-24-32(27-16-7-4-8-17-27)34(25-30)33-22-12-19-28-18-9-10-21-31(28)33/h2-3,5-7,9,11-20,22,25,31,33,35H,1,4,8,10,21,23-24H2/b15-11+,29-20+. The Balaban J connectivity index is 1.44. The van der Waals surface area contributed by atoms with E-state index in [1.165, 1.54) is 46.4 Å². The lowest BCUT2D eigenvalue weighted by molar-refractivity contribution is 0.467. The molecule has 0 aliphatic heterocycles. The predicted molar refractivity (Wildman–Crippen MR) is 150 cm³/mol. The third kappa shape index (κ3) is 5.57. The summed E-state index contributed by atoms with van der Waals surface area (Å²) < 4.78 is 0. The van der Waals surface area contributed by atoms with Crippen LogP contribution in [0, 0.1) is 11.8 Å². The number of benzene rings is 1. The van der Waals surface area contributed by atoms with E-state index in [1.54, 1.807) is 0 Å². The summed E-state index contributed by atoms with van der Waals surface area (Å²) in [5.41, 5.74) is 9.44. The molecule has 1 aromatic carbocycles. The molecular formula is C34H35N. The van der Waals surface area contributed by atoms with E-state index in [2.05, 4.69) is 109 Å². The second-order valence-electron chi connectivity index (χ2n) is 9.63. The smallest absolute Gasteiger partial charge is 0.0375 e. The Hall–Kier alpha value is -3.58. The second-order valence-corrected chi connectivity index (χ2v) is 9.63. The van der Waals surface area contributed by atoms with Crippen molar-refractivity contribution < 1.29 is 0 Å². The van der Waals surface area contributed by atoms with Crippen LogP contribution in [0.25, 0.3) is 6.08 Å². The molecule has 0 radical (unpaired) electrons. The number of allylic oxidation sites excluding steroid dienone is 17. The maximum absolute atomic E-state index is 4.05. The summed E-state index contributed by atoms with van der Waals surface area (Å²) in [6.45, 7) is 4.05. The SMILES string of the molecule is C=C/C(=C\C=C\c1ccccc1)NC1=CC(C2C=CC=C3C=CCCC32)=C(C2=CCCC=C2)CC1. The summed E-state index contributed by atoms with van der Waals surface area (Å²) >= 11 is 0. The van der Waals surface area contributed by atoms with E-state index in [4.69, 9.17) is 0 Å². The van der Waals surface area contributed by atoms with Crippen molar-refractivity contribution in [1.29, 1.82) is 0 Å². The van der Waals surface area contributed by atoms with E-state index in [-0.39, 0.29) is 0 Å². The van der Waals surface area contributed by atoms with E-state index < -0.39 is 0 Å². The van der Waals surface area contributed by atoms with E-state index in [1.807, 2.05) is 12.1 Å². The average Bonchev–Trinajstić information content (AvgIpc) is 2.93. The molecule has 0 bridgehead atoms. The van der Waals surface area contributed by atoms with Gasteiger partial charge in [0.2, 0.25) is 0 Å². The van der Waals surface area contributed by atoms with Crippen LogP contribution < -0.4 is 5.32 Å². The van der Waals surface area contributed by atoms with Crippen molar-refractivity contribution in [1.82, 2.24) is 5.32 Å². The Morgan fingerprint density at radius 2 is 1.89 bits per heavy atom. The van der Waals surface area contributed by atoms with Crippen molar-refractivity contribution in [2.24, 2.45) is 11.8 Å². The van der Waals surface area contributed by atoms with Gasteiger partial charge in [0.25, 0.3) is 0 Å². The first-order valence-corrected chi connectivity index (χ1v) is 13.0. The van der Waals surface area contributed by atoms with Crippen molar-refractivity contribution in [3.8, 4) is 0 Å². The Labute approximate surface area is 210 Å². The maximum Gasteiger partial charge on any atom is 0.0375 e. The van der Waals surface area contributed by atoms with Gasteiger partial charge in [0, 0.05) is 17.3 Å². The molecule has 5 rings (SSSR count). The van der Waals surface area contributed by atoms with Gasteiger partial charge in [0.15, 0.2) is 0 Å². The van der Waals surface area contributed by atoms with Gasteiger partial charge < -0.3 is 5.32 Å². The highest BCUT2D eigenvalue weighted by molar-refractivity contribution is 5.54. The molecule has 1 nitrogen and oxygen atoms in total. The first-order chi connectivity index (χ1) is 17.3. The molecule has 35 heavy (non-hydrogen) atoms. The fraction of sp³-hybridized carbons (Fsp3) is 0.235. The molecule has 0 aromatic heterocycles. The molecule has 0 fully saturated rings. The molecule has 0 saturated heterocycles. The third-order valence-electron chi connectivity index (χ3n) is 7.34. The van der Waals surface area contributed by atoms with Crippen LogP contribution in [0.4, 0.5) is 0 Å². The summed E-state index contributed by atoms with van der Waals surface area (Å²) in [6.07, 6.45) is 36.3. The van der Waals surface area contributed by atoms with Crippen LogP contribution in [0.3, 0.4) is 0 Å². The minimum atomic E-state index is 0.428. The minimum absolute atomic E-state index is 0.428. The summed E-state index contributed by atoms with van der Waals surface area (Å²) in [6, 6.07) is 10.4. The molecule has 0 heterocycles. The quantitative estimate of drug-likeness (QED) is 0.404. The van der Waals surface area contributed by atoms with Gasteiger partial charge in [-0.05, 0) is 90.5 Å². The van der Waals surface area contributed by atoms with Crippen molar-refractivity contribution in [3.05, 3.63) is 149 Å². The van der Waals surface area contributed by atoms with Crippen molar-refractivity contribution in [2.75, 3.05) is 0 Å². The molecule has 2 atom stereocenters. The fourth-order valence-corrected chi connectivity index (χ4v) is 5.56. The van der Waals surface area contributed by atoms with Crippen LogP contribution in [0.2, 0.25) is 0 Å². The normalized spacial score (nSPS) is 24.1. The molecule has 0 amide bonds. The van der Waals surface area contributed by atoms with E-state index in [0.717, 1.165) is 31.4 Å². The molecule has 2 unspecified atom stereocenters. The first-order valence-electron chi connectivity index (χ1n) is 13.0. The highest BCUT2D eigenvalue weighted by atomic mass is 14.9. The zero-order valence-electron chi connectivity index (χ0n) is 20.5. The van der Waals surface area contributed by atoms with Crippen LogP contribution in [-0.4, -0.2) is 0 Å². The van der Waals surface area contributed by atoms with E-state index >= 15 is 0 Å². The highest BCUT2D eigenvalue weighted by Crippen LogP contribution is 2.43. The molecule has 1 N–H and O–H groups in total. The van der Waals surface area contributed by atoms with Gasteiger partial charge in [-0.1, -0.05) is 97.7 Å². The Morgan fingerprint density at radius 1 is 1.00 bits per heavy atom. The van der Waals surface area contributed by atoms with Crippen LogP contribution in [0.1, 0.15) is 44.1 Å². The number of hydrogen-bond acceptors (Lipinski definition) is 1. The third-order valence-corrected chi connectivity index (χ3v) is 7.34. The lowest BCUT2D eigenvalue weighted by Crippen LogP contribution is -2.24. The number of rotatable bonds is 7. The summed E-state index contributed by atoms with van der Waals surface area (Å²) in [5, 5.41) is 3.69. The van der Waals surface area contributed by atoms with Gasteiger partial charge in [0.05, 0.1) is 0 Å². The van der Waals surface area contributed by atoms with E-state index in [0.29, 0.717) is 11.8 Å². The average molecular weight is 458 g/mol. The number of fused-ring (bicyclic) bond motifs is 1. The minimum Gasteiger partial charge on any atom is -0.359 e. The topological polar surface area (TPSA) is 12.0 Å². The van der Waals surface area contributed by atoms with Crippen LogP contribution in [0.5, 0.6) is 0 Å². The molecule has 176 valence electrons. The number of nitrogens with one attached hydrogen (secondary N) is 1. The zero-order valence-corrected chi connectivity index (χ0v) is 20.5. The molecule has 1 aromatic rings. The van der Waals surface area contributed by atoms with Crippen LogP contribution >= 0.6 is 0 Å². The lowest BCUT2D eigenvalue weighted by Gasteiger charge is -2.35. The molecule has 0 saturated carbocycles. The number of hydrogen-bond donors (Lipinski definition) is 1. The molecule has 4 aliphatic rings. The molecule has 1 heteroatoms. The summed E-state index contributed by atoms with van der Waals surface area (Å²) in [5.74, 6) is 0.999. The first kappa shape index (κ1) is 23.2. The van der Waals surface area contributed by atoms with Gasteiger partial charge >= 0.3 is 0 Å². The molecular weight excluding hydrogens is 422 g/mol. The van der Waals surface area contributed by atoms with Gasteiger partial charge in [-0.25, -0.2) is 0 Å². The largest absolute Gasteiger partial charge is 0.359 e. The fourth-order valence-electron chi connectivity index (χ4n) is 5.56. The predicted octanol–water partition coefficient (Wildman–Crippen LogP) is 8.69. The Kier molecular flexibility index (Phi) is 7.44. The Morgan fingerprint density at radius 3 is 2.71 bits per heavy atom. The van der Waals surface area contributed by atoms with Crippen molar-refractivity contribution >= 4 is 6.08 Å². The van der Waals surface area contributed by atoms with E-state index in [9.17, 15) is 0 Å². The molecule has 4 aliphatic carbocycles. The van der Waals surface area contributed by atoms with Crippen molar-refractivity contribution in [3.63, 3.8) is 0 Å².